The highest BCUT2D eigenvalue weighted by atomic mass is 16.6. The Labute approximate surface area is 94.9 Å². The van der Waals surface area contributed by atoms with Crippen LogP contribution in [0.1, 0.15) is 24.8 Å². The maximum Gasteiger partial charge on any atom is 0.190 e. The minimum Gasteiger partial charge on any atom is -0.357 e. The summed E-state index contributed by atoms with van der Waals surface area (Å²) in [6.45, 7) is 0. The maximum absolute atomic E-state index is 12.0. The van der Waals surface area contributed by atoms with E-state index in [0.29, 0.717) is 0 Å². The third-order valence-corrected chi connectivity index (χ3v) is 3.47. The minimum absolute atomic E-state index is 0.138. The van der Waals surface area contributed by atoms with Crippen LogP contribution in [0.2, 0.25) is 0 Å². The first-order chi connectivity index (χ1) is 7.81. The molecule has 1 aliphatic carbocycles. The molecule has 1 heterocycles. The molecule has 2 atom stereocenters. The SMILES string of the molecule is O=C(/C=C/c1ccccc1)[C@]12CCC[C@H]1O2. The van der Waals surface area contributed by atoms with Gasteiger partial charge < -0.3 is 4.74 Å². The Morgan fingerprint density at radius 2 is 2.19 bits per heavy atom. The number of ketones is 1. The number of epoxide rings is 1. The lowest BCUT2D eigenvalue weighted by Crippen LogP contribution is -2.21. The molecule has 1 aromatic carbocycles. The Morgan fingerprint density at radius 3 is 2.81 bits per heavy atom. The van der Waals surface area contributed by atoms with Crippen LogP contribution in [0.15, 0.2) is 36.4 Å². The van der Waals surface area contributed by atoms with Crippen molar-refractivity contribution >= 4 is 11.9 Å². The molecule has 0 bridgehead atoms. The van der Waals surface area contributed by atoms with E-state index in [1.165, 1.54) is 0 Å². The molecule has 0 spiro atoms. The molecule has 2 fully saturated rings. The van der Waals surface area contributed by atoms with Gasteiger partial charge in [-0.3, -0.25) is 4.79 Å². The number of fused-ring (bicyclic) bond motifs is 1. The Kier molecular flexibility index (Phi) is 2.18. The Morgan fingerprint density at radius 1 is 1.38 bits per heavy atom. The van der Waals surface area contributed by atoms with Crippen LogP contribution in [-0.4, -0.2) is 17.5 Å². The van der Waals surface area contributed by atoms with Crippen molar-refractivity contribution < 1.29 is 9.53 Å². The van der Waals surface area contributed by atoms with Gasteiger partial charge in [-0.05, 0) is 30.9 Å². The summed E-state index contributed by atoms with van der Waals surface area (Å²) < 4.78 is 5.49. The summed E-state index contributed by atoms with van der Waals surface area (Å²) in [6.07, 6.45) is 6.81. The van der Waals surface area contributed by atoms with Crippen molar-refractivity contribution in [3.05, 3.63) is 42.0 Å². The van der Waals surface area contributed by atoms with Crippen LogP contribution in [0.4, 0.5) is 0 Å². The molecular weight excluding hydrogens is 200 g/mol. The van der Waals surface area contributed by atoms with Gasteiger partial charge in [-0.25, -0.2) is 0 Å². The normalized spacial score (nSPS) is 31.6. The lowest BCUT2D eigenvalue weighted by molar-refractivity contribution is -0.119. The molecule has 2 aliphatic rings. The first kappa shape index (κ1) is 9.79. The first-order valence-corrected chi connectivity index (χ1v) is 5.77. The van der Waals surface area contributed by atoms with Gasteiger partial charge in [-0.2, -0.15) is 0 Å². The molecule has 0 amide bonds. The highest BCUT2D eigenvalue weighted by Gasteiger charge is 2.63. The standard InChI is InChI=1S/C14H14O2/c15-12(14-10-4-7-13(14)16-14)9-8-11-5-2-1-3-6-11/h1-3,5-6,8-9,13H,4,7,10H2/b9-8+/t13-,14-/m1/s1. The molecule has 1 saturated heterocycles. The number of benzene rings is 1. The van der Waals surface area contributed by atoms with E-state index in [-0.39, 0.29) is 11.9 Å². The summed E-state index contributed by atoms with van der Waals surface area (Å²) >= 11 is 0. The summed E-state index contributed by atoms with van der Waals surface area (Å²) in [4.78, 5) is 12.0. The summed E-state index contributed by atoms with van der Waals surface area (Å²) in [6, 6.07) is 9.88. The monoisotopic (exact) mass is 214 g/mol. The molecule has 0 unspecified atom stereocenters. The fourth-order valence-electron chi connectivity index (χ4n) is 2.50. The molecular formula is C14H14O2. The van der Waals surface area contributed by atoms with E-state index in [2.05, 4.69) is 0 Å². The quantitative estimate of drug-likeness (QED) is 0.571. The Hall–Kier alpha value is -1.41. The van der Waals surface area contributed by atoms with Crippen molar-refractivity contribution in [2.24, 2.45) is 0 Å². The van der Waals surface area contributed by atoms with Gasteiger partial charge in [-0.1, -0.05) is 36.4 Å². The van der Waals surface area contributed by atoms with E-state index >= 15 is 0 Å². The van der Waals surface area contributed by atoms with Gasteiger partial charge in [0.2, 0.25) is 0 Å². The third-order valence-electron chi connectivity index (χ3n) is 3.47. The van der Waals surface area contributed by atoms with Crippen LogP contribution in [0.5, 0.6) is 0 Å². The van der Waals surface area contributed by atoms with Crippen molar-refractivity contribution in [3.8, 4) is 0 Å². The highest BCUT2D eigenvalue weighted by molar-refractivity contribution is 6.02. The van der Waals surface area contributed by atoms with Gasteiger partial charge in [0.25, 0.3) is 0 Å². The molecule has 2 nitrogen and oxygen atoms in total. The minimum atomic E-state index is -0.425. The molecule has 1 saturated carbocycles. The van der Waals surface area contributed by atoms with Crippen LogP contribution < -0.4 is 0 Å². The lowest BCUT2D eigenvalue weighted by atomic mass is 10.0. The van der Waals surface area contributed by atoms with E-state index in [4.69, 9.17) is 4.74 Å². The van der Waals surface area contributed by atoms with Crippen LogP contribution >= 0.6 is 0 Å². The van der Waals surface area contributed by atoms with Crippen molar-refractivity contribution in [3.63, 3.8) is 0 Å². The average molecular weight is 214 g/mol. The summed E-state index contributed by atoms with van der Waals surface area (Å²) in [7, 11) is 0. The molecule has 0 aromatic heterocycles. The predicted molar refractivity (Wildman–Crippen MR) is 61.9 cm³/mol. The number of ether oxygens (including phenoxy) is 1. The molecule has 3 rings (SSSR count). The molecule has 0 radical (unpaired) electrons. The van der Waals surface area contributed by atoms with Crippen molar-refractivity contribution in [1.82, 2.24) is 0 Å². The Bertz CT molecular complexity index is 435. The van der Waals surface area contributed by atoms with E-state index in [1.54, 1.807) is 6.08 Å². The number of rotatable bonds is 3. The molecule has 0 N–H and O–H groups in total. The largest absolute Gasteiger partial charge is 0.357 e. The van der Waals surface area contributed by atoms with Crippen LogP contribution in [0.3, 0.4) is 0 Å². The first-order valence-electron chi connectivity index (χ1n) is 5.77. The second kappa shape index (κ2) is 3.56. The number of carbonyl (C=O) groups excluding carboxylic acids is 1. The van der Waals surface area contributed by atoms with Crippen molar-refractivity contribution in [2.45, 2.75) is 31.0 Å². The molecule has 1 aromatic rings. The number of hydrogen-bond acceptors (Lipinski definition) is 2. The lowest BCUT2D eigenvalue weighted by Gasteiger charge is -2.02. The fourth-order valence-corrected chi connectivity index (χ4v) is 2.50. The van der Waals surface area contributed by atoms with Gasteiger partial charge >= 0.3 is 0 Å². The van der Waals surface area contributed by atoms with Gasteiger partial charge in [0.05, 0.1) is 6.10 Å². The van der Waals surface area contributed by atoms with Gasteiger partial charge in [0.15, 0.2) is 11.4 Å². The van der Waals surface area contributed by atoms with Gasteiger partial charge in [-0.15, -0.1) is 0 Å². The van der Waals surface area contributed by atoms with Crippen LogP contribution in [-0.2, 0) is 9.53 Å². The Balaban J connectivity index is 1.72. The zero-order valence-electron chi connectivity index (χ0n) is 9.06. The van der Waals surface area contributed by atoms with Crippen molar-refractivity contribution in [2.75, 3.05) is 0 Å². The van der Waals surface area contributed by atoms with Crippen LogP contribution in [0, 0.1) is 0 Å². The molecule has 1 aliphatic heterocycles. The predicted octanol–water partition coefficient (Wildman–Crippen LogP) is 2.59. The number of carbonyl (C=O) groups is 1. The van der Waals surface area contributed by atoms with E-state index in [1.807, 2.05) is 36.4 Å². The molecule has 2 heteroatoms. The third kappa shape index (κ3) is 1.50. The van der Waals surface area contributed by atoms with E-state index < -0.39 is 5.60 Å². The zero-order chi connectivity index (χ0) is 11.0. The van der Waals surface area contributed by atoms with E-state index in [9.17, 15) is 4.79 Å². The van der Waals surface area contributed by atoms with Gasteiger partial charge in [0.1, 0.15) is 0 Å². The maximum atomic E-state index is 12.0. The average Bonchev–Trinajstić information content (AvgIpc) is 2.90. The van der Waals surface area contributed by atoms with E-state index in [0.717, 1.165) is 24.8 Å². The summed E-state index contributed by atoms with van der Waals surface area (Å²) in [5, 5.41) is 0. The van der Waals surface area contributed by atoms with Gasteiger partial charge in [0, 0.05) is 0 Å². The number of hydrogen-bond donors (Lipinski definition) is 0. The highest BCUT2D eigenvalue weighted by Crippen LogP contribution is 2.50. The topological polar surface area (TPSA) is 29.6 Å². The molecule has 82 valence electrons. The summed E-state index contributed by atoms with van der Waals surface area (Å²) in [5.74, 6) is 0.138. The zero-order valence-corrected chi connectivity index (χ0v) is 9.06. The van der Waals surface area contributed by atoms with Crippen LogP contribution in [0.25, 0.3) is 6.08 Å². The smallest absolute Gasteiger partial charge is 0.190 e. The second-order valence-electron chi connectivity index (χ2n) is 4.50. The van der Waals surface area contributed by atoms with Crippen molar-refractivity contribution in [1.29, 1.82) is 0 Å². The second-order valence-corrected chi connectivity index (χ2v) is 4.50. The molecule has 16 heavy (non-hydrogen) atoms. The fraction of sp³-hybridized carbons (Fsp3) is 0.357. The summed E-state index contributed by atoms with van der Waals surface area (Å²) in [5.41, 5.74) is 0.633.